The van der Waals surface area contributed by atoms with Crippen molar-refractivity contribution in [2.75, 3.05) is 31.6 Å². The van der Waals surface area contributed by atoms with Crippen LogP contribution in [-0.4, -0.2) is 39.7 Å². The van der Waals surface area contributed by atoms with Crippen molar-refractivity contribution in [1.82, 2.24) is 9.71 Å². The summed E-state index contributed by atoms with van der Waals surface area (Å²) in [4.78, 5) is 4.03. The molecule has 1 heterocycles. The predicted molar refractivity (Wildman–Crippen MR) is 79.2 cm³/mol. The summed E-state index contributed by atoms with van der Waals surface area (Å²) in [6.07, 6.45) is 2.90. The number of sulfonamides is 1. The highest BCUT2D eigenvalue weighted by molar-refractivity contribution is 7.89. The van der Waals surface area contributed by atoms with Crippen LogP contribution < -0.4 is 10.0 Å². The Balaban J connectivity index is 2.60. The van der Waals surface area contributed by atoms with E-state index in [9.17, 15) is 8.42 Å². The van der Waals surface area contributed by atoms with Crippen molar-refractivity contribution < 1.29 is 13.2 Å². The van der Waals surface area contributed by atoms with E-state index in [1.54, 1.807) is 12.3 Å². The molecule has 0 atom stereocenters. The third-order valence-corrected chi connectivity index (χ3v) is 3.92. The lowest BCUT2D eigenvalue weighted by atomic mass is 10.2. The molecular weight excluding hydrogens is 278 g/mol. The van der Waals surface area contributed by atoms with E-state index in [2.05, 4.69) is 15.0 Å². The summed E-state index contributed by atoms with van der Waals surface area (Å²) in [6.45, 7) is 7.86. The maximum atomic E-state index is 12.2. The zero-order chi connectivity index (χ0) is 15.0. The second-order valence-electron chi connectivity index (χ2n) is 4.77. The fourth-order valence-corrected chi connectivity index (χ4v) is 2.71. The molecule has 1 rings (SSSR count). The van der Waals surface area contributed by atoms with Gasteiger partial charge in [-0.2, -0.15) is 0 Å². The van der Waals surface area contributed by atoms with Crippen LogP contribution in [0.5, 0.6) is 0 Å². The molecule has 0 aliphatic carbocycles. The van der Waals surface area contributed by atoms with E-state index in [0.717, 1.165) is 0 Å². The van der Waals surface area contributed by atoms with Crippen LogP contribution in [0.2, 0.25) is 0 Å². The first-order valence-electron chi connectivity index (χ1n) is 6.72. The molecule has 0 amide bonds. The number of nitrogens with one attached hydrogen (secondary N) is 2. The fourth-order valence-electron chi connectivity index (χ4n) is 1.58. The van der Waals surface area contributed by atoms with Crippen molar-refractivity contribution in [2.24, 2.45) is 5.92 Å². The van der Waals surface area contributed by atoms with Gasteiger partial charge in [0, 0.05) is 32.1 Å². The van der Waals surface area contributed by atoms with Gasteiger partial charge < -0.3 is 10.1 Å². The van der Waals surface area contributed by atoms with Crippen LogP contribution in [0.15, 0.2) is 23.4 Å². The molecule has 0 bridgehead atoms. The van der Waals surface area contributed by atoms with Gasteiger partial charge in [0.05, 0.1) is 12.3 Å². The minimum atomic E-state index is -3.57. The molecule has 0 spiro atoms. The molecule has 7 heteroatoms. The average Bonchev–Trinajstić information content (AvgIpc) is 2.38. The number of aromatic nitrogens is 1. The van der Waals surface area contributed by atoms with Crippen LogP contribution >= 0.6 is 0 Å². The van der Waals surface area contributed by atoms with E-state index in [1.165, 1.54) is 6.20 Å². The third-order valence-electron chi connectivity index (χ3n) is 2.43. The maximum absolute atomic E-state index is 12.2. The van der Waals surface area contributed by atoms with Crippen molar-refractivity contribution in [3.8, 4) is 0 Å². The van der Waals surface area contributed by atoms with Gasteiger partial charge in [0.25, 0.3) is 0 Å². The van der Waals surface area contributed by atoms with Gasteiger partial charge in [-0.15, -0.1) is 0 Å². The van der Waals surface area contributed by atoms with Crippen molar-refractivity contribution in [3.63, 3.8) is 0 Å². The molecule has 20 heavy (non-hydrogen) atoms. The predicted octanol–water partition coefficient (Wildman–Crippen LogP) is 1.46. The number of hydrogen-bond acceptors (Lipinski definition) is 5. The summed E-state index contributed by atoms with van der Waals surface area (Å²) in [5, 5.41) is 3.01. The van der Waals surface area contributed by atoms with Crippen LogP contribution in [0.3, 0.4) is 0 Å². The van der Waals surface area contributed by atoms with E-state index in [-0.39, 0.29) is 11.4 Å². The second-order valence-corrected chi connectivity index (χ2v) is 6.50. The van der Waals surface area contributed by atoms with Gasteiger partial charge in [-0.3, -0.25) is 4.98 Å². The molecule has 0 aromatic carbocycles. The summed E-state index contributed by atoms with van der Waals surface area (Å²) < 4.78 is 32.2. The molecule has 6 nitrogen and oxygen atoms in total. The topological polar surface area (TPSA) is 80.3 Å². The highest BCUT2D eigenvalue weighted by Gasteiger charge is 2.17. The normalized spacial score (nSPS) is 11.8. The molecule has 0 unspecified atom stereocenters. The number of anilines is 1. The Bertz CT molecular complexity index is 503. The van der Waals surface area contributed by atoms with E-state index >= 15 is 0 Å². The Morgan fingerprint density at radius 2 is 2.15 bits per heavy atom. The minimum Gasteiger partial charge on any atom is -0.384 e. The molecule has 0 saturated heterocycles. The largest absolute Gasteiger partial charge is 0.384 e. The quantitative estimate of drug-likeness (QED) is 0.675. The first-order chi connectivity index (χ1) is 9.47. The summed E-state index contributed by atoms with van der Waals surface area (Å²) in [5.74, 6) is 0.435. The van der Waals surface area contributed by atoms with Crippen molar-refractivity contribution in [1.29, 1.82) is 0 Å². The van der Waals surface area contributed by atoms with Crippen LogP contribution in [0.4, 0.5) is 5.69 Å². The molecule has 2 N–H and O–H groups in total. The average molecular weight is 301 g/mol. The van der Waals surface area contributed by atoms with E-state index < -0.39 is 10.0 Å². The second kappa shape index (κ2) is 8.18. The molecule has 114 valence electrons. The standard InChI is InChI=1S/C13H23N3O3S/c1-4-15-12-5-6-14-9-13(12)20(17,18)16-7-8-19-10-11(2)3/h5-6,9,11,16H,4,7-8,10H2,1-3H3,(H,14,15). The van der Waals surface area contributed by atoms with Crippen molar-refractivity contribution in [2.45, 2.75) is 25.7 Å². The zero-order valence-electron chi connectivity index (χ0n) is 12.2. The molecule has 0 aliphatic heterocycles. The lowest BCUT2D eigenvalue weighted by molar-refractivity contribution is 0.114. The molecule has 0 radical (unpaired) electrons. The van der Waals surface area contributed by atoms with Gasteiger partial charge in [-0.05, 0) is 18.9 Å². The minimum absolute atomic E-state index is 0.158. The number of rotatable bonds is 9. The van der Waals surface area contributed by atoms with Gasteiger partial charge in [-0.25, -0.2) is 13.1 Å². The monoisotopic (exact) mass is 301 g/mol. The van der Waals surface area contributed by atoms with Crippen LogP contribution in [0.1, 0.15) is 20.8 Å². The lowest BCUT2D eigenvalue weighted by Gasteiger charge is -2.12. The Kier molecular flexibility index (Phi) is 6.90. The van der Waals surface area contributed by atoms with Gasteiger partial charge in [0.1, 0.15) is 4.90 Å². The first-order valence-corrected chi connectivity index (χ1v) is 8.21. The highest BCUT2D eigenvalue weighted by Crippen LogP contribution is 2.18. The maximum Gasteiger partial charge on any atom is 0.244 e. The van der Waals surface area contributed by atoms with Gasteiger partial charge in [0.15, 0.2) is 0 Å². The lowest BCUT2D eigenvalue weighted by Crippen LogP contribution is -2.28. The molecule has 1 aromatic rings. The van der Waals surface area contributed by atoms with Gasteiger partial charge in [-0.1, -0.05) is 13.8 Å². The SMILES string of the molecule is CCNc1ccncc1S(=O)(=O)NCCOCC(C)C. The van der Waals surface area contributed by atoms with Crippen LogP contribution in [-0.2, 0) is 14.8 Å². The molecular formula is C13H23N3O3S. The Labute approximate surface area is 121 Å². The number of ether oxygens (including phenoxy) is 1. The van der Waals surface area contributed by atoms with Crippen molar-refractivity contribution >= 4 is 15.7 Å². The van der Waals surface area contributed by atoms with Crippen LogP contribution in [0, 0.1) is 5.92 Å². The Morgan fingerprint density at radius 3 is 2.80 bits per heavy atom. The van der Waals surface area contributed by atoms with Crippen molar-refractivity contribution in [3.05, 3.63) is 18.5 Å². The highest BCUT2D eigenvalue weighted by atomic mass is 32.2. The first kappa shape index (κ1) is 16.9. The summed E-state index contributed by atoms with van der Waals surface area (Å²) in [5.41, 5.74) is 0.554. The fraction of sp³-hybridized carbons (Fsp3) is 0.615. The summed E-state index contributed by atoms with van der Waals surface area (Å²) >= 11 is 0. The number of nitrogens with zero attached hydrogens (tertiary/aromatic N) is 1. The van der Waals surface area contributed by atoms with Gasteiger partial charge >= 0.3 is 0 Å². The van der Waals surface area contributed by atoms with Crippen LogP contribution in [0.25, 0.3) is 0 Å². The summed E-state index contributed by atoms with van der Waals surface area (Å²) in [7, 11) is -3.57. The summed E-state index contributed by atoms with van der Waals surface area (Å²) in [6, 6.07) is 1.65. The zero-order valence-corrected chi connectivity index (χ0v) is 13.0. The Hall–Kier alpha value is -1.18. The van der Waals surface area contributed by atoms with E-state index in [4.69, 9.17) is 4.74 Å². The number of hydrogen-bond donors (Lipinski definition) is 2. The van der Waals surface area contributed by atoms with E-state index in [1.807, 2.05) is 20.8 Å². The molecule has 1 aromatic heterocycles. The third kappa shape index (κ3) is 5.44. The smallest absolute Gasteiger partial charge is 0.244 e. The van der Waals surface area contributed by atoms with Gasteiger partial charge in [0.2, 0.25) is 10.0 Å². The molecule has 0 fully saturated rings. The molecule has 0 saturated carbocycles. The Morgan fingerprint density at radius 1 is 1.40 bits per heavy atom. The number of pyridine rings is 1. The van der Waals surface area contributed by atoms with E-state index in [0.29, 0.717) is 31.4 Å². The molecule has 0 aliphatic rings.